The number of carbonyl (C=O) groups is 2. The van der Waals surface area contributed by atoms with Crippen LogP contribution < -0.4 is 5.32 Å². The van der Waals surface area contributed by atoms with E-state index >= 15 is 0 Å². The molecule has 3 aliphatic rings. The zero-order chi connectivity index (χ0) is 19.1. The van der Waals surface area contributed by atoms with E-state index in [1.165, 1.54) is 0 Å². The Morgan fingerprint density at radius 3 is 2.59 bits per heavy atom. The van der Waals surface area contributed by atoms with Crippen LogP contribution in [0.25, 0.3) is 5.57 Å². The van der Waals surface area contributed by atoms with Crippen molar-refractivity contribution in [3.8, 4) is 0 Å². The number of hydrogen-bond donors (Lipinski definition) is 1. The van der Waals surface area contributed by atoms with Crippen molar-refractivity contribution in [3.63, 3.8) is 0 Å². The summed E-state index contributed by atoms with van der Waals surface area (Å²) in [5, 5.41) is 3.54. The van der Waals surface area contributed by atoms with Gasteiger partial charge in [0.1, 0.15) is 0 Å². The Morgan fingerprint density at radius 1 is 1.15 bits per heavy atom. The molecule has 3 unspecified atom stereocenters. The standard InChI is InChI=1S/C22H27ClN2O2/c1-13-3-4-16(11-14(13)2)22(27)25-9-7-15(8-10-25)20-18-6-5-17(23)12-19(18)24-21(20)26/h5-6,12-14,16H,3-4,7-11H2,1-2H3,(H,24,26). The second kappa shape index (κ2) is 7.31. The zero-order valence-electron chi connectivity index (χ0n) is 16.1. The van der Waals surface area contributed by atoms with E-state index < -0.39 is 0 Å². The van der Waals surface area contributed by atoms with Crippen LogP contribution in [0.5, 0.6) is 0 Å². The van der Waals surface area contributed by atoms with E-state index in [4.69, 9.17) is 11.6 Å². The van der Waals surface area contributed by atoms with Gasteiger partial charge < -0.3 is 10.2 Å². The van der Waals surface area contributed by atoms with Crippen LogP contribution in [-0.4, -0.2) is 29.8 Å². The minimum absolute atomic E-state index is 0.0443. The van der Waals surface area contributed by atoms with Gasteiger partial charge in [-0.2, -0.15) is 0 Å². The average molecular weight is 387 g/mol. The van der Waals surface area contributed by atoms with E-state index in [0.29, 0.717) is 29.9 Å². The molecule has 0 radical (unpaired) electrons. The lowest BCUT2D eigenvalue weighted by atomic mass is 9.75. The lowest BCUT2D eigenvalue weighted by molar-refractivity contribution is -0.137. The number of hydrogen-bond acceptors (Lipinski definition) is 2. The fraction of sp³-hybridized carbons (Fsp3) is 0.545. The molecule has 0 bridgehead atoms. The number of likely N-dealkylation sites (tertiary alicyclic amines) is 1. The molecule has 1 aromatic rings. The van der Waals surface area contributed by atoms with Gasteiger partial charge >= 0.3 is 0 Å². The van der Waals surface area contributed by atoms with Gasteiger partial charge in [-0.1, -0.05) is 37.1 Å². The van der Waals surface area contributed by atoms with Gasteiger partial charge in [-0.25, -0.2) is 0 Å². The Labute approximate surface area is 165 Å². The van der Waals surface area contributed by atoms with Gasteiger partial charge in [0.05, 0.1) is 5.69 Å². The molecule has 2 amide bonds. The van der Waals surface area contributed by atoms with Gasteiger partial charge in [-0.15, -0.1) is 0 Å². The van der Waals surface area contributed by atoms with Gasteiger partial charge in [-0.3, -0.25) is 9.59 Å². The van der Waals surface area contributed by atoms with E-state index in [-0.39, 0.29) is 11.8 Å². The Kier molecular flexibility index (Phi) is 5.02. The van der Waals surface area contributed by atoms with E-state index in [9.17, 15) is 9.59 Å². The van der Waals surface area contributed by atoms with Crippen LogP contribution in [-0.2, 0) is 9.59 Å². The van der Waals surface area contributed by atoms with Gasteiger partial charge in [0.15, 0.2) is 0 Å². The van der Waals surface area contributed by atoms with Crippen LogP contribution >= 0.6 is 11.6 Å². The highest BCUT2D eigenvalue weighted by atomic mass is 35.5. The maximum Gasteiger partial charge on any atom is 0.256 e. The summed E-state index contributed by atoms with van der Waals surface area (Å²) in [4.78, 5) is 27.4. The number of carbonyl (C=O) groups excluding carboxylic acids is 2. The molecule has 1 saturated carbocycles. The molecule has 1 aliphatic carbocycles. The van der Waals surface area contributed by atoms with Crippen molar-refractivity contribution in [1.82, 2.24) is 4.90 Å². The number of fused-ring (bicyclic) bond motifs is 1. The molecule has 0 aromatic heterocycles. The molecule has 4 nitrogen and oxygen atoms in total. The maximum atomic E-state index is 12.9. The van der Waals surface area contributed by atoms with Crippen molar-refractivity contribution < 1.29 is 9.59 Å². The summed E-state index contributed by atoms with van der Waals surface area (Å²) in [5.74, 6) is 1.81. The van der Waals surface area contributed by atoms with Crippen molar-refractivity contribution in [2.24, 2.45) is 17.8 Å². The molecule has 1 aromatic carbocycles. The third-order valence-electron chi connectivity index (χ3n) is 6.71. The van der Waals surface area contributed by atoms with Crippen molar-refractivity contribution in [1.29, 1.82) is 0 Å². The molecule has 1 saturated heterocycles. The molecule has 27 heavy (non-hydrogen) atoms. The summed E-state index contributed by atoms with van der Waals surface area (Å²) >= 11 is 6.04. The van der Waals surface area contributed by atoms with Crippen LogP contribution in [0.4, 0.5) is 5.69 Å². The lowest BCUT2D eigenvalue weighted by Gasteiger charge is -2.36. The van der Waals surface area contributed by atoms with Crippen LogP contribution in [0.2, 0.25) is 5.02 Å². The van der Waals surface area contributed by atoms with Gasteiger partial charge in [0.2, 0.25) is 5.91 Å². The molecule has 2 heterocycles. The van der Waals surface area contributed by atoms with Crippen LogP contribution in [0.3, 0.4) is 0 Å². The summed E-state index contributed by atoms with van der Waals surface area (Å²) in [6.07, 6.45) is 4.73. The van der Waals surface area contributed by atoms with Gasteiger partial charge in [-0.05, 0) is 56.1 Å². The summed E-state index contributed by atoms with van der Waals surface area (Å²) in [6.45, 7) is 6.00. The van der Waals surface area contributed by atoms with Crippen molar-refractivity contribution in [2.45, 2.75) is 46.0 Å². The third-order valence-corrected chi connectivity index (χ3v) is 6.94. The first-order chi connectivity index (χ1) is 12.9. The highest BCUT2D eigenvalue weighted by molar-refractivity contribution is 6.34. The third kappa shape index (κ3) is 3.52. The lowest BCUT2D eigenvalue weighted by Crippen LogP contribution is -2.42. The number of anilines is 1. The fourth-order valence-corrected chi connectivity index (χ4v) is 4.95. The summed E-state index contributed by atoms with van der Waals surface area (Å²) in [7, 11) is 0. The minimum atomic E-state index is -0.0443. The number of benzene rings is 1. The highest BCUT2D eigenvalue weighted by Gasteiger charge is 2.34. The maximum absolute atomic E-state index is 12.9. The fourth-order valence-electron chi connectivity index (χ4n) is 4.77. The molecule has 4 rings (SSSR count). The number of halogens is 1. The second-order valence-electron chi connectivity index (χ2n) is 8.41. The molecular formula is C22H27ClN2O2. The van der Waals surface area contributed by atoms with Gasteiger partial charge in [0, 0.05) is 35.2 Å². The largest absolute Gasteiger partial charge is 0.342 e. The van der Waals surface area contributed by atoms with Crippen molar-refractivity contribution in [3.05, 3.63) is 34.4 Å². The Bertz CT molecular complexity index is 807. The zero-order valence-corrected chi connectivity index (χ0v) is 16.8. The van der Waals surface area contributed by atoms with Crippen molar-refractivity contribution >= 4 is 34.7 Å². The molecular weight excluding hydrogens is 360 g/mol. The predicted octanol–water partition coefficient (Wildman–Crippen LogP) is 4.74. The first kappa shape index (κ1) is 18.5. The number of piperidine rings is 1. The number of amides is 2. The summed E-state index contributed by atoms with van der Waals surface area (Å²) < 4.78 is 0. The number of rotatable bonds is 1. The molecule has 3 atom stereocenters. The Balaban J connectivity index is 1.46. The van der Waals surface area contributed by atoms with Gasteiger partial charge in [0.25, 0.3) is 5.91 Å². The quantitative estimate of drug-likeness (QED) is 0.708. The molecule has 144 valence electrons. The Morgan fingerprint density at radius 2 is 1.89 bits per heavy atom. The highest BCUT2D eigenvalue weighted by Crippen LogP contribution is 2.39. The molecule has 2 fully saturated rings. The van der Waals surface area contributed by atoms with E-state index in [1.807, 2.05) is 17.0 Å². The molecule has 1 N–H and O–H groups in total. The monoisotopic (exact) mass is 386 g/mol. The first-order valence-electron chi connectivity index (χ1n) is 10.1. The van der Waals surface area contributed by atoms with E-state index in [0.717, 1.165) is 60.4 Å². The topological polar surface area (TPSA) is 49.4 Å². The van der Waals surface area contributed by atoms with E-state index in [1.54, 1.807) is 6.07 Å². The number of nitrogens with one attached hydrogen (secondary N) is 1. The average Bonchev–Trinajstić information content (AvgIpc) is 2.98. The normalized spacial score (nSPS) is 28.2. The predicted molar refractivity (Wildman–Crippen MR) is 108 cm³/mol. The van der Waals surface area contributed by atoms with Crippen molar-refractivity contribution in [2.75, 3.05) is 18.4 Å². The molecule has 0 spiro atoms. The first-order valence-corrected chi connectivity index (χ1v) is 10.4. The van der Waals surface area contributed by atoms with Crippen LogP contribution in [0.15, 0.2) is 23.8 Å². The summed E-state index contributed by atoms with van der Waals surface area (Å²) in [5.41, 5.74) is 3.67. The number of nitrogens with zero attached hydrogens (tertiary/aromatic N) is 1. The van der Waals surface area contributed by atoms with E-state index in [2.05, 4.69) is 19.2 Å². The Hall–Kier alpha value is -1.81. The van der Waals surface area contributed by atoms with Crippen LogP contribution in [0.1, 0.15) is 51.5 Å². The van der Waals surface area contributed by atoms with Crippen LogP contribution in [0, 0.1) is 17.8 Å². The summed E-state index contributed by atoms with van der Waals surface area (Å²) in [6, 6.07) is 5.54. The smallest absolute Gasteiger partial charge is 0.256 e. The molecule has 2 aliphatic heterocycles. The second-order valence-corrected chi connectivity index (χ2v) is 8.85. The molecule has 5 heteroatoms. The minimum Gasteiger partial charge on any atom is -0.342 e. The SMILES string of the molecule is CC1CCC(C(=O)N2CCC(=C3C(=O)Nc4cc(Cl)ccc43)CC2)CC1C.